The Labute approximate surface area is 124 Å². The number of unbranched alkanes of at least 4 members (excludes halogenated alkanes) is 1. The first kappa shape index (κ1) is 16.0. The summed E-state index contributed by atoms with van der Waals surface area (Å²) in [7, 11) is 0. The number of amides is 1. The minimum absolute atomic E-state index is 0.293. The van der Waals surface area contributed by atoms with Gasteiger partial charge in [-0.1, -0.05) is 35.3 Å². The van der Waals surface area contributed by atoms with Gasteiger partial charge in [0, 0.05) is 16.7 Å². The van der Waals surface area contributed by atoms with Gasteiger partial charge in [-0.15, -0.1) is 0 Å². The van der Waals surface area contributed by atoms with Crippen LogP contribution in [0.4, 0.5) is 10.5 Å². The number of hydrogen-bond acceptors (Lipinski definition) is 2. The number of carbonyl (C=O) groups excluding carboxylic acids is 1. The number of benzene rings is 1. The maximum Gasteiger partial charge on any atom is 0.414 e. The average Bonchev–Trinajstić information content (AvgIpc) is 2.27. The summed E-state index contributed by atoms with van der Waals surface area (Å²) in [5.41, 5.74) is 0.380. The van der Waals surface area contributed by atoms with E-state index < -0.39 is 5.60 Å². The molecule has 19 heavy (non-hydrogen) atoms. The Hall–Kier alpha value is -1.03. The Balaban J connectivity index is 2.91. The molecule has 0 aliphatic rings. The first-order valence-electron chi connectivity index (χ1n) is 6.59. The summed E-state index contributed by atoms with van der Waals surface area (Å²) < 4.78 is 6.42. The summed E-state index contributed by atoms with van der Waals surface area (Å²) in [6, 6.07) is 7.71. The van der Waals surface area contributed by atoms with Crippen LogP contribution in [-0.2, 0) is 4.74 Å². The molecule has 0 unspecified atom stereocenters. The van der Waals surface area contributed by atoms with Gasteiger partial charge < -0.3 is 4.74 Å². The van der Waals surface area contributed by atoms with Crippen molar-refractivity contribution in [3.05, 3.63) is 28.7 Å². The molecule has 0 fully saturated rings. The first-order chi connectivity index (χ1) is 8.83. The quantitative estimate of drug-likeness (QED) is 0.779. The lowest BCUT2D eigenvalue weighted by Crippen LogP contribution is -2.37. The molecule has 0 heterocycles. The van der Waals surface area contributed by atoms with Crippen LogP contribution < -0.4 is 4.90 Å². The van der Waals surface area contributed by atoms with E-state index in [4.69, 9.17) is 4.74 Å². The molecule has 0 aliphatic carbocycles. The van der Waals surface area contributed by atoms with Crippen LogP contribution in [-0.4, -0.2) is 18.2 Å². The molecule has 1 rings (SSSR count). The van der Waals surface area contributed by atoms with E-state index >= 15 is 0 Å². The predicted molar refractivity (Wildman–Crippen MR) is 82.6 cm³/mol. The van der Waals surface area contributed by atoms with Gasteiger partial charge in [0.15, 0.2) is 0 Å². The fourth-order valence-corrected chi connectivity index (χ4v) is 1.99. The minimum Gasteiger partial charge on any atom is -0.443 e. The number of ether oxygens (including phenoxy) is 1. The van der Waals surface area contributed by atoms with Crippen molar-refractivity contribution in [1.29, 1.82) is 0 Å². The average molecular weight is 328 g/mol. The second-order valence-corrected chi connectivity index (χ2v) is 6.38. The molecule has 1 aromatic carbocycles. The van der Waals surface area contributed by atoms with Crippen molar-refractivity contribution in [3.63, 3.8) is 0 Å². The molecule has 4 heteroatoms. The minimum atomic E-state index is -0.479. The molecule has 0 atom stereocenters. The topological polar surface area (TPSA) is 29.5 Å². The Morgan fingerprint density at radius 2 is 2.05 bits per heavy atom. The summed E-state index contributed by atoms with van der Waals surface area (Å²) in [4.78, 5) is 14.0. The highest BCUT2D eigenvalue weighted by Gasteiger charge is 2.23. The van der Waals surface area contributed by atoms with Crippen molar-refractivity contribution in [2.45, 2.75) is 46.1 Å². The van der Waals surface area contributed by atoms with Crippen LogP contribution in [0.15, 0.2) is 28.7 Å². The van der Waals surface area contributed by atoms with Crippen molar-refractivity contribution in [2.75, 3.05) is 11.4 Å². The van der Waals surface area contributed by atoms with E-state index in [1.807, 2.05) is 45.0 Å². The van der Waals surface area contributed by atoms with E-state index in [0.717, 1.165) is 23.0 Å². The zero-order valence-electron chi connectivity index (χ0n) is 12.1. The molecular formula is C15H22BrNO2. The smallest absolute Gasteiger partial charge is 0.414 e. The number of halogens is 1. The second-order valence-electron chi connectivity index (χ2n) is 5.47. The molecule has 0 N–H and O–H groups in total. The molecule has 1 aromatic rings. The second kappa shape index (κ2) is 6.94. The zero-order valence-corrected chi connectivity index (χ0v) is 13.7. The summed E-state index contributed by atoms with van der Waals surface area (Å²) >= 11 is 3.43. The third-order valence-electron chi connectivity index (χ3n) is 2.47. The number of hydrogen-bond donors (Lipinski definition) is 0. The van der Waals surface area contributed by atoms with Crippen molar-refractivity contribution in [2.24, 2.45) is 0 Å². The van der Waals surface area contributed by atoms with E-state index in [2.05, 4.69) is 22.9 Å². The maximum absolute atomic E-state index is 12.3. The normalized spacial score (nSPS) is 11.2. The van der Waals surface area contributed by atoms with Gasteiger partial charge in [-0.3, -0.25) is 4.90 Å². The van der Waals surface area contributed by atoms with Crippen molar-refractivity contribution < 1.29 is 9.53 Å². The van der Waals surface area contributed by atoms with E-state index in [9.17, 15) is 4.79 Å². The summed E-state index contributed by atoms with van der Waals surface area (Å²) in [6.07, 6.45) is 1.69. The van der Waals surface area contributed by atoms with Gasteiger partial charge in [-0.25, -0.2) is 4.79 Å². The third-order valence-corrected chi connectivity index (χ3v) is 2.96. The number of anilines is 1. The van der Waals surface area contributed by atoms with Gasteiger partial charge in [0.1, 0.15) is 5.60 Å². The molecule has 0 aliphatic heterocycles. The van der Waals surface area contributed by atoms with Crippen LogP contribution >= 0.6 is 15.9 Å². The van der Waals surface area contributed by atoms with Gasteiger partial charge in [-0.05, 0) is 45.4 Å². The first-order valence-corrected chi connectivity index (χ1v) is 7.39. The van der Waals surface area contributed by atoms with Crippen LogP contribution in [0.2, 0.25) is 0 Å². The zero-order chi connectivity index (χ0) is 14.5. The largest absolute Gasteiger partial charge is 0.443 e. The molecule has 0 saturated carbocycles. The van der Waals surface area contributed by atoms with E-state index in [1.54, 1.807) is 4.90 Å². The molecule has 3 nitrogen and oxygen atoms in total. The lowest BCUT2D eigenvalue weighted by molar-refractivity contribution is 0.0580. The van der Waals surface area contributed by atoms with Crippen LogP contribution in [0, 0.1) is 0 Å². The van der Waals surface area contributed by atoms with Crippen molar-refractivity contribution in [1.82, 2.24) is 0 Å². The molecule has 0 saturated heterocycles. The molecule has 0 aromatic heterocycles. The van der Waals surface area contributed by atoms with Crippen molar-refractivity contribution >= 4 is 27.7 Å². The molecular weight excluding hydrogens is 306 g/mol. The third kappa shape index (κ3) is 5.64. The summed E-state index contributed by atoms with van der Waals surface area (Å²) in [5.74, 6) is 0. The number of carbonyl (C=O) groups is 1. The molecule has 1 amide bonds. The van der Waals surface area contributed by atoms with E-state index in [1.165, 1.54) is 0 Å². The van der Waals surface area contributed by atoms with Gasteiger partial charge in [0.2, 0.25) is 0 Å². The molecule has 0 spiro atoms. The highest BCUT2D eigenvalue weighted by Crippen LogP contribution is 2.22. The van der Waals surface area contributed by atoms with Gasteiger partial charge in [-0.2, -0.15) is 0 Å². The highest BCUT2D eigenvalue weighted by atomic mass is 79.9. The van der Waals surface area contributed by atoms with Gasteiger partial charge in [0.05, 0.1) is 0 Å². The Morgan fingerprint density at radius 1 is 1.37 bits per heavy atom. The predicted octanol–water partition coefficient (Wildman–Crippen LogP) is 4.99. The van der Waals surface area contributed by atoms with Crippen LogP contribution in [0.25, 0.3) is 0 Å². The summed E-state index contributed by atoms with van der Waals surface area (Å²) in [6.45, 7) is 8.41. The standard InChI is InChI=1S/C15H22BrNO2/c1-5-6-10-17(14(18)19-15(2,3)4)13-9-7-8-12(16)11-13/h7-9,11H,5-6,10H2,1-4H3. The monoisotopic (exact) mass is 327 g/mol. The van der Waals surface area contributed by atoms with Gasteiger partial charge >= 0.3 is 6.09 Å². The Morgan fingerprint density at radius 3 is 2.58 bits per heavy atom. The SMILES string of the molecule is CCCCN(C(=O)OC(C)(C)C)c1cccc(Br)c1. The number of rotatable bonds is 4. The Bertz CT molecular complexity index is 426. The maximum atomic E-state index is 12.3. The van der Waals surface area contributed by atoms with Crippen molar-refractivity contribution in [3.8, 4) is 0 Å². The Kier molecular flexibility index (Phi) is 5.85. The van der Waals surface area contributed by atoms with E-state index in [0.29, 0.717) is 6.54 Å². The summed E-state index contributed by atoms with van der Waals surface area (Å²) in [5, 5.41) is 0. The lowest BCUT2D eigenvalue weighted by Gasteiger charge is -2.27. The van der Waals surface area contributed by atoms with E-state index in [-0.39, 0.29) is 6.09 Å². The fraction of sp³-hybridized carbons (Fsp3) is 0.533. The van der Waals surface area contributed by atoms with Crippen LogP contribution in [0.1, 0.15) is 40.5 Å². The molecule has 0 bridgehead atoms. The van der Waals surface area contributed by atoms with Gasteiger partial charge in [0.25, 0.3) is 0 Å². The fourth-order valence-electron chi connectivity index (χ4n) is 1.60. The number of nitrogens with zero attached hydrogens (tertiary/aromatic N) is 1. The van der Waals surface area contributed by atoms with Crippen LogP contribution in [0.5, 0.6) is 0 Å². The molecule has 106 valence electrons. The molecule has 0 radical (unpaired) electrons. The van der Waals surface area contributed by atoms with Crippen LogP contribution in [0.3, 0.4) is 0 Å². The highest BCUT2D eigenvalue weighted by molar-refractivity contribution is 9.10. The lowest BCUT2D eigenvalue weighted by atomic mass is 10.2.